The summed E-state index contributed by atoms with van der Waals surface area (Å²) in [5, 5.41) is 3.41. The number of hydrogen-bond donors (Lipinski definition) is 1. The third kappa shape index (κ3) is 7.11. The second kappa shape index (κ2) is 11.7. The van der Waals surface area contributed by atoms with Crippen LogP contribution in [0.4, 0.5) is 0 Å². The molecule has 4 nitrogen and oxygen atoms in total. The molecule has 0 aliphatic heterocycles. The van der Waals surface area contributed by atoms with Crippen LogP contribution in [-0.4, -0.2) is 12.5 Å². The molecular formula is C29H29NO3. The molecule has 4 heteroatoms. The summed E-state index contributed by atoms with van der Waals surface area (Å²) in [6.45, 7) is 0.800. The van der Waals surface area contributed by atoms with E-state index in [9.17, 15) is 4.79 Å². The van der Waals surface area contributed by atoms with Crippen LogP contribution in [0.3, 0.4) is 0 Å². The van der Waals surface area contributed by atoms with E-state index in [-0.39, 0.29) is 18.5 Å². The Morgan fingerprint density at radius 2 is 1.52 bits per heavy atom. The molecule has 0 aromatic heterocycles. The minimum absolute atomic E-state index is 0.198. The van der Waals surface area contributed by atoms with Gasteiger partial charge in [0, 0.05) is 12.2 Å². The van der Waals surface area contributed by atoms with Gasteiger partial charge in [-0.3, -0.25) is 4.79 Å². The first-order valence-corrected chi connectivity index (χ1v) is 11.4. The zero-order valence-corrected chi connectivity index (χ0v) is 18.7. The Hall–Kier alpha value is -3.79. The van der Waals surface area contributed by atoms with Crippen LogP contribution in [-0.2, 0) is 22.6 Å². The zero-order chi connectivity index (χ0) is 22.7. The molecule has 1 aliphatic rings. The minimum Gasteiger partial charge on any atom is -0.461 e. The zero-order valence-electron chi connectivity index (χ0n) is 18.7. The van der Waals surface area contributed by atoms with Gasteiger partial charge in [0.15, 0.2) is 0 Å². The molecule has 0 saturated carbocycles. The monoisotopic (exact) mass is 439 g/mol. The van der Waals surface area contributed by atoms with Crippen LogP contribution in [0.2, 0.25) is 0 Å². The largest absolute Gasteiger partial charge is 0.461 e. The molecule has 3 aromatic carbocycles. The number of ether oxygens (including phenoxy) is 2. The Morgan fingerprint density at radius 3 is 2.21 bits per heavy atom. The van der Waals surface area contributed by atoms with Crippen LogP contribution < -0.4 is 10.1 Å². The Bertz CT molecular complexity index is 1070. The van der Waals surface area contributed by atoms with Gasteiger partial charge in [-0.15, -0.1) is 0 Å². The van der Waals surface area contributed by atoms with Crippen molar-refractivity contribution in [1.29, 1.82) is 0 Å². The number of nitrogens with one attached hydrogen (secondary N) is 1. The summed E-state index contributed by atoms with van der Waals surface area (Å²) in [4.78, 5) is 13.0. The van der Waals surface area contributed by atoms with E-state index >= 15 is 0 Å². The first kappa shape index (κ1) is 22.4. The van der Waals surface area contributed by atoms with E-state index in [1.165, 1.54) is 0 Å². The second-order valence-electron chi connectivity index (χ2n) is 8.07. The molecule has 3 aromatic rings. The van der Waals surface area contributed by atoms with Crippen molar-refractivity contribution >= 4 is 5.97 Å². The quantitative estimate of drug-likeness (QED) is 0.382. The van der Waals surface area contributed by atoms with Crippen molar-refractivity contribution in [3.8, 4) is 11.5 Å². The highest BCUT2D eigenvalue weighted by Gasteiger charge is 2.21. The highest BCUT2D eigenvalue weighted by atomic mass is 16.5. The number of carbonyl (C=O) groups excluding carboxylic acids is 1. The smallest absolute Gasteiger partial charge is 0.311 e. The third-order valence-electron chi connectivity index (χ3n) is 5.49. The lowest BCUT2D eigenvalue weighted by molar-refractivity contribution is -0.149. The van der Waals surface area contributed by atoms with Gasteiger partial charge in [-0.2, -0.15) is 0 Å². The Kier molecular flexibility index (Phi) is 7.96. The number of benzene rings is 3. The summed E-state index contributed by atoms with van der Waals surface area (Å²) in [7, 11) is 0. The van der Waals surface area contributed by atoms with Crippen molar-refractivity contribution in [2.75, 3.05) is 6.54 Å². The van der Waals surface area contributed by atoms with Crippen LogP contribution in [0.5, 0.6) is 11.5 Å². The maximum Gasteiger partial charge on any atom is 0.311 e. The number of esters is 1. The average Bonchev–Trinajstić information content (AvgIpc) is 2.88. The number of para-hydroxylation sites is 1. The predicted octanol–water partition coefficient (Wildman–Crippen LogP) is 6.20. The molecule has 4 rings (SSSR count). The highest BCUT2D eigenvalue weighted by molar-refractivity contribution is 5.73. The SMILES string of the molecule is O=C(OCc1ccccc1)[C@H](CNC1=CCCC=C1)Cc1ccc(Oc2ccccc2)cc1. The van der Waals surface area contributed by atoms with E-state index in [1.54, 1.807) is 0 Å². The minimum atomic E-state index is -0.300. The van der Waals surface area contributed by atoms with E-state index in [1.807, 2.05) is 84.9 Å². The molecule has 1 N–H and O–H groups in total. The van der Waals surface area contributed by atoms with Gasteiger partial charge in [0.2, 0.25) is 0 Å². The number of carbonyl (C=O) groups is 1. The summed E-state index contributed by atoms with van der Waals surface area (Å²) in [6, 6.07) is 27.4. The lowest BCUT2D eigenvalue weighted by atomic mass is 9.98. The highest BCUT2D eigenvalue weighted by Crippen LogP contribution is 2.22. The van der Waals surface area contributed by atoms with Crippen LogP contribution in [0.15, 0.2) is 109 Å². The van der Waals surface area contributed by atoms with Gasteiger partial charge < -0.3 is 14.8 Å². The van der Waals surface area contributed by atoms with Crippen LogP contribution in [0.1, 0.15) is 24.0 Å². The molecule has 0 radical (unpaired) electrons. The van der Waals surface area contributed by atoms with Crippen molar-refractivity contribution in [2.24, 2.45) is 5.92 Å². The first-order chi connectivity index (χ1) is 16.3. The normalized spacial score (nSPS) is 13.6. The van der Waals surface area contributed by atoms with Crippen molar-refractivity contribution in [3.63, 3.8) is 0 Å². The molecule has 0 heterocycles. The van der Waals surface area contributed by atoms with Crippen molar-refractivity contribution in [1.82, 2.24) is 5.32 Å². The number of rotatable bonds is 10. The van der Waals surface area contributed by atoms with Gasteiger partial charge in [-0.25, -0.2) is 0 Å². The van der Waals surface area contributed by atoms with Gasteiger partial charge in [0.1, 0.15) is 18.1 Å². The summed E-state index contributed by atoms with van der Waals surface area (Å²) in [5.74, 6) is 1.07. The molecule has 168 valence electrons. The van der Waals surface area contributed by atoms with Crippen LogP contribution in [0.25, 0.3) is 0 Å². The molecule has 0 amide bonds. The van der Waals surface area contributed by atoms with E-state index in [0.29, 0.717) is 13.0 Å². The maximum atomic E-state index is 13.0. The Morgan fingerprint density at radius 1 is 0.818 bits per heavy atom. The maximum absolute atomic E-state index is 13.0. The lowest BCUT2D eigenvalue weighted by Crippen LogP contribution is -2.31. The molecule has 0 fully saturated rings. The number of hydrogen-bond acceptors (Lipinski definition) is 4. The van der Waals surface area contributed by atoms with E-state index < -0.39 is 0 Å². The molecule has 0 spiro atoms. The van der Waals surface area contributed by atoms with Gasteiger partial charge in [-0.05, 0) is 60.7 Å². The van der Waals surface area contributed by atoms with Gasteiger partial charge >= 0.3 is 5.97 Å². The predicted molar refractivity (Wildman–Crippen MR) is 131 cm³/mol. The standard InChI is InChI=1S/C29H29NO3/c31-29(32-22-24-10-4-1-5-11-24)25(21-30-26-12-6-2-7-13-26)20-23-16-18-28(19-17-23)33-27-14-8-3-9-15-27/h1,3-6,8-19,25,30H,2,7,20-22H2/t25-/m0/s1. The fourth-order valence-electron chi connectivity index (χ4n) is 3.67. The van der Waals surface area contributed by atoms with E-state index in [2.05, 4.69) is 23.5 Å². The van der Waals surface area contributed by atoms with E-state index in [4.69, 9.17) is 9.47 Å². The summed E-state index contributed by atoms with van der Waals surface area (Å²) in [5.41, 5.74) is 3.11. The molecule has 33 heavy (non-hydrogen) atoms. The summed E-state index contributed by atoms with van der Waals surface area (Å²) in [6.07, 6.45) is 9.06. The lowest BCUT2D eigenvalue weighted by Gasteiger charge is -2.19. The Balaban J connectivity index is 1.39. The molecule has 1 atom stereocenters. The van der Waals surface area contributed by atoms with Gasteiger partial charge in [0.25, 0.3) is 0 Å². The molecule has 0 unspecified atom stereocenters. The third-order valence-corrected chi connectivity index (χ3v) is 5.49. The topological polar surface area (TPSA) is 47.6 Å². The van der Waals surface area contributed by atoms with Crippen molar-refractivity contribution in [2.45, 2.75) is 25.9 Å². The second-order valence-corrected chi connectivity index (χ2v) is 8.07. The fraction of sp³-hybridized carbons (Fsp3) is 0.207. The van der Waals surface area contributed by atoms with Crippen LogP contribution in [0, 0.1) is 5.92 Å². The summed E-state index contributed by atoms with van der Waals surface area (Å²) < 4.78 is 11.5. The van der Waals surface area contributed by atoms with Gasteiger partial charge in [-0.1, -0.05) is 72.8 Å². The molecule has 0 bridgehead atoms. The molecule has 0 saturated heterocycles. The van der Waals surface area contributed by atoms with Gasteiger partial charge in [0.05, 0.1) is 5.92 Å². The van der Waals surface area contributed by atoms with E-state index in [0.717, 1.165) is 41.2 Å². The van der Waals surface area contributed by atoms with Crippen molar-refractivity contribution in [3.05, 3.63) is 120 Å². The molecule has 1 aliphatic carbocycles. The van der Waals surface area contributed by atoms with Crippen molar-refractivity contribution < 1.29 is 14.3 Å². The number of allylic oxidation sites excluding steroid dienone is 3. The summed E-state index contributed by atoms with van der Waals surface area (Å²) >= 11 is 0. The Labute approximate surface area is 195 Å². The average molecular weight is 440 g/mol. The fourth-order valence-corrected chi connectivity index (χ4v) is 3.67. The first-order valence-electron chi connectivity index (χ1n) is 11.4. The molecular weight excluding hydrogens is 410 g/mol. The van der Waals surface area contributed by atoms with Crippen LogP contribution >= 0.6 is 0 Å².